The second-order valence-corrected chi connectivity index (χ2v) is 4.79. The summed E-state index contributed by atoms with van der Waals surface area (Å²) in [6, 6.07) is 0.259. The molecule has 0 unspecified atom stereocenters. The van der Waals surface area contributed by atoms with Crippen LogP contribution in [0.1, 0.15) is 26.7 Å². The average molecular weight is 265 g/mol. The number of hydrogen-bond donors (Lipinski definition) is 1. The molecular weight excluding hydrogens is 248 g/mol. The van der Waals surface area contributed by atoms with Crippen LogP contribution in [0.5, 0.6) is 0 Å². The average Bonchev–Trinajstić information content (AvgIpc) is 2.07. The predicted octanol–water partition coefficient (Wildman–Crippen LogP) is 1.90. The van der Waals surface area contributed by atoms with Crippen molar-refractivity contribution in [3.8, 4) is 0 Å². The van der Waals surface area contributed by atoms with Crippen LogP contribution in [0.4, 0.5) is 4.79 Å². The van der Waals surface area contributed by atoms with Gasteiger partial charge >= 0.3 is 6.09 Å². The summed E-state index contributed by atoms with van der Waals surface area (Å²) in [4.78, 5) is 11.2. The van der Waals surface area contributed by atoms with Gasteiger partial charge in [0.2, 0.25) is 0 Å². The Kier molecular flexibility index (Phi) is 4.68. The molecule has 0 aromatic rings. The highest BCUT2D eigenvalue weighted by molar-refractivity contribution is 9.07. The van der Waals surface area contributed by atoms with E-state index in [1.54, 1.807) is 0 Å². The highest BCUT2D eigenvalue weighted by atomic mass is 79.9. The summed E-state index contributed by atoms with van der Waals surface area (Å²) in [6.07, 6.45) is 1.59. The fourth-order valence-electron chi connectivity index (χ4n) is 1.41. The summed E-state index contributed by atoms with van der Waals surface area (Å²) in [5.41, 5.74) is 0. The van der Waals surface area contributed by atoms with Gasteiger partial charge in [0.15, 0.2) is 0 Å². The van der Waals surface area contributed by atoms with Crippen LogP contribution < -0.4 is 5.32 Å². The standard InChI is InChI=1S/C9H17BrN2O2/c1-7(2)14-9(13)11-8-3-5-12(10)6-4-8/h7-8H,3-6H2,1-2H3,(H,11,13). The van der Waals surface area contributed by atoms with Gasteiger partial charge in [0.25, 0.3) is 0 Å². The largest absolute Gasteiger partial charge is 0.447 e. The van der Waals surface area contributed by atoms with E-state index in [9.17, 15) is 4.79 Å². The van der Waals surface area contributed by atoms with Crippen LogP contribution in [0.15, 0.2) is 0 Å². The number of halogens is 1. The van der Waals surface area contributed by atoms with Crippen LogP contribution in [0, 0.1) is 0 Å². The van der Waals surface area contributed by atoms with Crippen molar-refractivity contribution in [1.29, 1.82) is 0 Å². The molecule has 5 heteroatoms. The third-order valence-corrected chi connectivity index (χ3v) is 2.81. The summed E-state index contributed by atoms with van der Waals surface area (Å²) in [5, 5.41) is 2.86. The number of amides is 1. The van der Waals surface area contributed by atoms with Gasteiger partial charge in [0.05, 0.1) is 6.10 Å². The summed E-state index contributed by atoms with van der Waals surface area (Å²) in [7, 11) is 0. The van der Waals surface area contributed by atoms with Crippen LogP contribution in [0.2, 0.25) is 0 Å². The molecular formula is C9H17BrN2O2. The van der Waals surface area contributed by atoms with Crippen molar-refractivity contribution in [3.05, 3.63) is 0 Å². The van der Waals surface area contributed by atoms with E-state index in [4.69, 9.17) is 4.74 Å². The molecule has 0 atom stereocenters. The second kappa shape index (κ2) is 5.56. The Bertz CT molecular complexity index is 191. The number of rotatable bonds is 2. The monoisotopic (exact) mass is 264 g/mol. The van der Waals surface area contributed by atoms with Gasteiger partial charge in [-0.05, 0) is 26.7 Å². The predicted molar refractivity (Wildman–Crippen MR) is 58.3 cm³/mol. The van der Waals surface area contributed by atoms with Gasteiger partial charge in [0, 0.05) is 35.3 Å². The van der Waals surface area contributed by atoms with Gasteiger partial charge in [-0.2, -0.15) is 0 Å². The first-order chi connectivity index (χ1) is 6.58. The maximum atomic E-state index is 11.2. The molecule has 0 aromatic carbocycles. The first kappa shape index (κ1) is 11.8. The van der Waals surface area contributed by atoms with Crippen molar-refractivity contribution in [1.82, 2.24) is 9.24 Å². The van der Waals surface area contributed by atoms with E-state index in [0.717, 1.165) is 25.9 Å². The lowest BCUT2D eigenvalue weighted by atomic mass is 10.1. The summed E-state index contributed by atoms with van der Waals surface area (Å²) >= 11 is 3.41. The number of carbonyl (C=O) groups is 1. The zero-order chi connectivity index (χ0) is 10.6. The van der Waals surface area contributed by atoms with E-state index in [0.29, 0.717) is 0 Å². The first-order valence-corrected chi connectivity index (χ1v) is 5.66. The fourth-order valence-corrected chi connectivity index (χ4v) is 1.82. The van der Waals surface area contributed by atoms with Crippen molar-refractivity contribution in [3.63, 3.8) is 0 Å². The summed E-state index contributed by atoms with van der Waals surface area (Å²) in [6.45, 7) is 5.63. The van der Waals surface area contributed by atoms with E-state index >= 15 is 0 Å². The second-order valence-electron chi connectivity index (χ2n) is 3.78. The number of piperidine rings is 1. The van der Waals surface area contributed by atoms with Gasteiger partial charge in [-0.25, -0.2) is 8.72 Å². The van der Waals surface area contributed by atoms with Crippen molar-refractivity contribution < 1.29 is 9.53 Å². The summed E-state index contributed by atoms with van der Waals surface area (Å²) in [5.74, 6) is 0. The fraction of sp³-hybridized carbons (Fsp3) is 0.889. The SMILES string of the molecule is CC(C)OC(=O)NC1CCN(Br)CC1. The minimum atomic E-state index is -0.298. The van der Waals surface area contributed by atoms with Gasteiger partial charge in [-0.1, -0.05) is 0 Å². The van der Waals surface area contributed by atoms with E-state index < -0.39 is 0 Å². The number of nitrogens with one attached hydrogen (secondary N) is 1. The Morgan fingerprint density at radius 1 is 1.50 bits per heavy atom. The van der Waals surface area contributed by atoms with Gasteiger partial charge < -0.3 is 10.1 Å². The molecule has 1 fully saturated rings. The Labute approximate surface area is 93.3 Å². The quantitative estimate of drug-likeness (QED) is 0.775. The van der Waals surface area contributed by atoms with Crippen molar-refractivity contribution in [2.24, 2.45) is 0 Å². The zero-order valence-electron chi connectivity index (χ0n) is 8.62. The minimum absolute atomic E-state index is 0.0498. The third-order valence-electron chi connectivity index (χ3n) is 2.11. The first-order valence-electron chi connectivity index (χ1n) is 4.96. The molecule has 1 heterocycles. The highest BCUT2D eigenvalue weighted by Gasteiger charge is 2.19. The van der Waals surface area contributed by atoms with E-state index in [1.807, 2.05) is 13.8 Å². The molecule has 0 aromatic heterocycles. The Morgan fingerprint density at radius 2 is 2.07 bits per heavy atom. The molecule has 14 heavy (non-hydrogen) atoms. The van der Waals surface area contributed by atoms with Crippen LogP contribution in [-0.4, -0.2) is 35.3 Å². The zero-order valence-corrected chi connectivity index (χ0v) is 10.2. The van der Waals surface area contributed by atoms with Crippen molar-refractivity contribution in [2.45, 2.75) is 38.8 Å². The van der Waals surface area contributed by atoms with Gasteiger partial charge in [-0.3, -0.25) is 0 Å². The maximum Gasteiger partial charge on any atom is 0.407 e. The van der Waals surface area contributed by atoms with Crippen LogP contribution in [0.25, 0.3) is 0 Å². The highest BCUT2D eigenvalue weighted by Crippen LogP contribution is 2.13. The van der Waals surface area contributed by atoms with Crippen molar-refractivity contribution >= 4 is 22.2 Å². The molecule has 1 aliphatic rings. The lowest BCUT2D eigenvalue weighted by molar-refractivity contribution is 0.109. The lowest BCUT2D eigenvalue weighted by Gasteiger charge is -2.27. The number of alkyl carbamates (subject to hydrolysis) is 1. The van der Waals surface area contributed by atoms with Crippen LogP contribution >= 0.6 is 16.1 Å². The van der Waals surface area contributed by atoms with E-state index in [1.165, 1.54) is 0 Å². The molecule has 1 amide bonds. The molecule has 1 aliphatic heterocycles. The van der Waals surface area contributed by atoms with Gasteiger partial charge in [0.1, 0.15) is 0 Å². The molecule has 4 nitrogen and oxygen atoms in total. The smallest absolute Gasteiger partial charge is 0.407 e. The Hall–Kier alpha value is -0.290. The molecule has 0 spiro atoms. The number of ether oxygens (including phenoxy) is 1. The lowest BCUT2D eigenvalue weighted by Crippen LogP contribution is -2.42. The molecule has 0 radical (unpaired) electrons. The third kappa shape index (κ3) is 4.28. The Balaban J connectivity index is 2.20. The number of hydrogen-bond acceptors (Lipinski definition) is 3. The molecule has 1 rings (SSSR count). The molecule has 1 N–H and O–H groups in total. The molecule has 1 saturated heterocycles. The van der Waals surface area contributed by atoms with E-state index in [-0.39, 0.29) is 18.2 Å². The Morgan fingerprint density at radius 3 is 2.57 bits per heavy atom. The molecule has 0 saturated carbocycles. The number of carbonyl (C=O) groups excluding carboxylic acids is 1. The molecule has 0 aliphatic carbocycles. The number of nitrogens with zero attached hydrogens (tertiary/aromatic N) is 1. The van der Waals surface area contributed by atoms with Gasteiger partial charge in [-0.15, -0.1) is 0 Å². The molecule has 0 bridgehead atoms. The minimum Gasteiger partial charge on any atom is -0.447 e. The topological polar surface area (TPSA) is 41.6 Å². The molecule has 82 valence electrons. The van der Waals surface area contributed by atoms with Crippen LogP contribution in [-0.2, 0) is 4.74 Å². The van der Waals surface area contributed by atoms with Crippen LogP contribution in [0.3, 0.4) is 0 Å². The normalized spacial score (nSPS) is 19.7. The van der Waals surface area contributed by atoms with Crippen molar-refractivity contribution in [2.75, 3.05) is 13.1 Å². The maximum absolute atomic E-state index is 11.2. The summed E-state index contributed by atoms with van der Waals surface area (Å²) < 4.78 is 7.09. The van der Waals surface area contributed by atoms with E-state index in [2.05, 4.69) is 25.4 Å².